The molecular weight excluding hydrogens is 394 g/mol. The molecule has 4 aromatic rings. The topological polar surface area (TPSA) is 28.5 Å². The van der Waals surface area contributed by atoms with E-state index in [9.17, 15) is 4.79 Å². The SMILES string of the molecule is O=c1c2ccccc2cc(CN2CCN(CCc3ccccc3)CC2)n1-c1ccccc1. The number of aromatic nitrogens is 1. The lowest BCUT2D eigenvalue weighted by Gasteiger charge is -2.35. The van der Waals surface area contributed by atoms with E-state index in [1.54, 1.807) is 0 Å². The zero-order chi connectivity index (χ0) is 21.8. The smallest absolute Gasteiger partial charge is 0.263 e. The van der Waals surface area contributed by atoms with Gasteiger partial charge in [0.2, 0.25) is 0 Å². The zero-order valence-electron chi connectivity index (χ0n) is 18.4. The summed E-state index contributed by atoms with van der Waals surface area (Å²) in [5.41, 5.74) is 3.45. The van der Waals surface area contributed by atoms with Gasteiger partial charge >= 0.3 is 0 Å². The van der Waals surface area contributed by atoms with Crippen LogP contribution >= 0.6 is 0 Å². The molecule has 0 radical (unpaired) electrons. The van der Waals surface area contributed by atoms with Crippen LogP contribution in [0.4, 0.5) is 0 Å². The van der Waals surface area contributed by atoms with E-state index in [-0.39, 0.29) is 5.56 Å². The fourth-order valence-electron chi connectivity index (χ4n) is 4.62. The van der Waals surface area contributed by atoms with Crippen molar-refractivity contribution in [3.05, 3.63) is 113 Å². The summed E-state index contributed by atoms with van der Waals surface area (Å²) in [6.45, 7) is 6.05. The number of fused-ring (bicyclic) bond motifs is 1. The number of nitrogens with zero attached hydrogens (tertiary/aromatic N) is 3. The summed E-state index contributed by atoms with van der Waals surface area (Å²) in [6, 6.07) is 30.8. The molecule has 1 fully saturated rings. The van der Waals surface area contributed by atoms with Crippen molar-refractivity contribution in [1.82, 2.24) is 14.4 Å². The van der Waals surface area contributed by atoms with E-state index in [0.29, 0.717) is 0 Å². The Hall–Kier alpha value is -3.21. The van der Waals surface area contributed by atoms with Gasteiger partial charge in [0.15, 0.2) is 0 Å². The van der Waals surface area contributed by atoms with Crippen molar-refractivity contribution in [1.29, 1.82) is 0 Å². The van der Waals surface area contributed by atoms with Crippen molar-refractivity contribution in [2.24, 2.45) is 0 Å². The van der Waals surface area contributed by atoms with Crippen LogP contribution in [0.1, 0.15) is 11.3 Å². The molecule has 3 aromatic carbocycles. The monoisotopic (exact) mass is 423 g/mol. The van der Waals surface area contributed by atoms with Crippen LogP contribution in [0.5, 0.6) is 0 Å². The molecule has 1 aliphatic heterocycles. The van der Waals surface area contributed by atoms with Gasteiger partial charge in [-0.3, -0.25) is 14.3 Å². The lowest BCUT2D eigenvalue weighted by atomic mass is 10.1. The maximum atomic E-state index is 13.4. The standard InChI is InChI=1S/C28H29N3O/c32-28-27-14-8-7-11-24(27)21-26(31(28)25-12-5-2-6-13-25)22-30-19-17-29(18-20-30)16-15-23-9-3-1-4-10-23/h1-14,21H,15-20,22H2. The first-order chi connectivity index (χ1) is 15.8. The molecule has 2 heterocycles. The molecule has 1 saturated heterocycles. The Balaban J connectivity index is 1.33. The third kappa shape index (κ3) is 4.52. The van der Waals surface area contributed by atoms with Gasteiger partial charge in [-0.15, -0.1) is 0 Å². The quantitative estimate of drug-likeness (QED) is 0.462. The third-order valence-corrected chi connectivity index (χ3v) is 6.43. The predicted octanol–water partition coefficient (Wildman–Crippen LogP) is 4.35. The van der Waals surface area contributed by atoms with Crippen LogP contribution < -0.4 is 5.56 Å². The van der Waals surface area contributed by atoms with Gasteiger partial charge in [0.05, 0.1) is 0 Å². The Labute approximate surface area is 189 Å². The molecule has 0 atom stereocenters. The molecule has 4 heteroatoms. The Morgan fingerprint density at radius 2 is 1.31 bits per heavy atom. The van der Waals surface area contributed by atoms with Gasteiger partial charge in [-0.1, -0.05) is 66.7 Å². The van der Waals surface area contributed by atoms with E-state index in [2.05, 4.69) is 46.2 Å². The van der Waals surface area contributed by atoms with Crippen LogP contribution in [0, 0.1) is 0 Å². The van der Waals surface area contributed by atoms with Crippen LogP contribution in [0.2, 0.25) is 0 Å². The molecule has 5 rings (SSSR count). The predicted molar refractivity (Wildman–Crippen MR) is 131 cm³/mol. The van der Waals surface area contributed by atoms with E-state index in [1.807, 2.05) is 59.2 Å². The van der Waals surface area contributed by atoms with Crippen molar-refractivity contribution >= 4 is 10.8 Å². The van der Waals surface area contributed by atoms with Gasteiger partial charge in [-0.05, 0) is 41.6 Å². The molecule has 0 N–H and O–H groups in total. The second-order valence-corrected chi connectivity index (χ2v) is 8.55. The van der Waals surface area contributed by atoms with Crippen LogP contribution in [0.25, 0.3) is 16.5 Å². The molecule has 0 saturated carbocycles. The Morgan fingerprint density at radius 3 is 2.06 bits per heavy atom. The number of rotatable bonds is 6. The number of piperazine rings is 1. The number of hydrogen-bond donors (Lipinski definition) is 0. The second kappa shape index (κ2) is 9.51. The fourth-order valence-corrected chi connectivity index (χ4v) is 4.62. The summed E-state index contributed by atoms with van der Waals surface area (Å²) < 4.78 is 1.89. The minimum atomic E-state index is 0.0609. The molecule has 0 unspecified atom stereocenters. The number of pyridine rings is 1. The minimum Gasteiger partial charge on any atom is -0.300 e. The molecule has 1 aromatic heterocycles. The van der Waals surface area contributed by atoms with Crippen LogP contribution in [-0.4, -0.2) is 47.1 Å². The molecule has 0 aliphatic carbocycles. The zero-order valence-corrected chi connectivity index (χ0v) is 18.4. The number of hydrogen-bond acceptors (Lipinski definition) is 3. The summed E-state index contributed by atoms with van der Waals surface area (Å²) in [7, 11) is 0. The highest BCUT2D eigenvalue weighted by Crippen LogP contribution is 2.18. The number of para-hydroxylation sites is 1. The van der Waals surface area contributed by atoms with Crippen molar-refractivity contribution < 1.29 is 0 Å². The Morgan fingerprint density at radius 1 is 0.688 bits per heavy atom. The summed E-state index contributed by atoms with van der Waals surface area (Å²) in [6.07, 6.45) is 1.10. The van der Waals surface area contributed by atoms with E-state index in [0.717, 1.165) is 67.8 Å². The van der Waals surface area contributed by atoms with Gasteiger partial charge in [-0.25, -0.2) is 0 Å². The van der Waals surface area contributed by atoms with E-state index in [4.69, 9.17) is 0 Å². The third-order valence-electron chi connectivity index (χ3n) is 6.43. The molecule has 1 aliphatic rings. The first-order valence-electron chi connectivity index (χ1n) is 11.5. The lowest BCUT2D eigenvalue weighted by Crippen LogP contribution is -2.46. The van der Waals surface area contributed by atoms with Gasteiger partial charge in [0.25, 0.3) is 5.56 Å². The number of benzene rings is 3. The highest BCUT2D eigenvalue weighted by molar-refractivity contribution is 5.82. The van der Waals surface area contributed by atoms with Gasteiger partial charge < -0.3 is 4.90 Å². The minimum absolute atomic E-state index is 0.0609. The van der Waals surface area contributed by atoms with Crippen molar-refractivity contribution in [2.75, 3.05) is 32.7 Å². The van der Waals surface area contributed by atoms with Gasteiger partial charge in [0, 0.05) is 56.0 Å². The van der Waals surface area contributed by atoms with Crippen molar-refractivity contribution in [2.45, 2.75) is 13.0 Å². The summed E-state index contributed by atoms with van der Waals surface area (Å²) in [5.74, 6) is 0. The average molecular weight is 424 g/mol. The van der Waals surface area contributed by atoms with E-state index >= 15 is 0 Å². The first-order valence-corrected chi connectivity index (χ1v) is 11.5. The summed E-state index contributed by atoms with van der Waals surface area (Å²) >= 11 is 0. The molecule has 4 nitrogen and oxygen atoms in total. The maximum absolute atomic E-state index is 13.4. The highest BCUT2D eigenvalue weighted by atomic mass is 16.1. The molecule has 0 bridgehead atoms. The normalized spacial score (nSPS) is 15.2. The van der Waals surface area contributed by atoms with E-state index < -0.39 is 0 Å². The maximum Gasteiger partial charge on any atom is 0.263 e. The molecular formula is C28H29N3O. The van der Waals surface area contributed by atoms with Crippen LogP contribution in [0.3, 0.4) is 0 Å². The Kier molecular flexibility index (Phi) is 6.15. The second-order valence-electron chi connectivity index (χ2n) is 8.55. The summed E-state index contributed by atoms with van der Waals surface area (Å²) in [4.78, 5) is 18.4. The van der Waals surface area contributed by atoms with Gasteiger partial charge in [0.1, 0.15) is 0 Å². The van der Waals surface area contributed by atoms with Gasteiger partial charge in [-0.2, -0.15) is 0 Å². The molecule has 0 spiro atoms. The van der Waals surface area contributed by atoms with Crippen LogP contribution in [-0.2, 0) is 13.0 Å². The summed E-state index contributed by atoms with van der Waals surface area (Å²) in [5, 5.41) is 1.78. The molecule has 32 heavy (non-hydrogen) atoms. The van der Waals surface area contributed by atoms with Crippen LogP contribution in [0.15, 0.2) is 95.8 Å². The van der Waals surface area contributed by atoms with Crippen molar-refractivity contribution in [3.63, 3.8) is 0 Å². The molecule has 162 valence electrons. The highest BCUT2D eigenvalue weighted by Gasteiger charge is 2.19. The largest absolute Gasteiger partial charge is 0.300 e. The molecule has 0 amide bonds. The fraction of sp³-hybridized carbons (Fsp3) is 0.250. The van der Waals surface area contributed by atoms with Crippen molar-refractivity contribution in [3.8, 4) is 5.69 Å². The average Bonchev–Trinajstić information content (AvgIpc) is 2.85. The Bertz CT molecular complexity index is 1230. The van der Waals surface area contributed by atoms with E-state index in [1.165, 1.54) is 5.56 Å². The lowest BCUT2D eigenvalue weighted by molar-refractivity contribution is 0.126. The first kappa shape index (κ1) is 20.7.